The zero-order valence-corrected chi connectivity index (χ0v) is 16.4. The molecule has 0 N–H and O–H groups in total. The highest BCUT2D eigenvalue weighted by atomic mass is 16.6. The summed E-state index contributed by atoms with van der Waals surface area (Å²) >= 11 is 0. The fourth-order valence-electron chi connectivity index (χ4n) is 5.41. The van der Waals surface area contributed by atoms with E-state index in [-0.39, 0.29) is 35.1 Å². The molecule has 0 aromatic heterocycles. The molecule has 0 spiro atoms. The zero-order valence-electron chi connectivity index (χ0n) is 16.4. The van der Waals surface area contributed by atoms with Gasteiger partial charge in [-0.15, -0.1) is 0 Å². The number of ether oxygens (including phenoxy) is 2. The predicted molar refractivity (Wildman–Crippen MR) is 95.4 cm³/mol. The lowest BCUT2D eigenvalue weighted by molar-refractivity contribution is -0.154. The molecule has 0 aromatic carbocycles. The first kappa shape index (κ1) is 19.1. The highest BCUT2D eigenvalue weighted by Gasteiger charge is 2.57. The van der Waals surface area contributed by atoms with Crippen molar-refractivity contribution >= 4 is 17.9 Å². The molecule has 3 aliphatic rings. The molecule has 1 aliphatic carbocycles. The zero-order chi connectivity index (χ0) is 19.4. The van der Waals surface area contributed by atoms with Crippen LogP contribution >= 0.6 is 0 Å². The van der Waals surface area contributed by atoms with Crippen molar-refractivity contribution in [3.8, 4) is 0 Å². The van der Waals surface area contributed by atoms with E-state index in [0.717, 1.165) is 12.8 Å². The third-order valence-electron chi connectivity index (χ3n) is 6.32. The lowest BCUT2D eigenvalue weighted by atomic mass is 9.59. The fourth-order valence-corrected chi connectivity index (χ4v) is 5.41. The van der Waals surface area contributed by atoms with Gasteiger partial charge in [0.25, 0.3) is 0 Å². The first-order chi connectivity index (χ1) is 12.0. The highest BCUT2D eigenvalue weighted by Crippen LogP contribution is 2.54. The molecule has 3 fully saturated rings. The lowest BCUT2D eigenvalue weighted by Gasteiger charge is -2.40. The number of esters is 3. The monoisotopic (exact) mass is 362 g/mol. The minimum Gasteiger partial charge on any atom is -0.431 e. The Morgan fingerprint density at radius 3 is 2.19 bits per heavy atom. The number of fused-ring (bicyclic) bond motifs is 1. The van der Waals surface area contributed by atoms with Gasteiger partial charge < -0.3 is 9.47 Å². The van der Waals surface area contributed by atoms with Crippen molar-refractivity contribution in [1.82, 2.24) is 0 Å². The molecule has 3 rings (SSSR count). The average Bonchev–Trinajstić information content (AvgIpc) is 2.94. The van der Waals surface area contributed by atoms with Gasteiger partial charge in [-0.05, 0) is 42.4 Å². The summed E-state index contributed by atoms with van der Waals surface area (Å²) in [6, 6.07) is 0. The molecule has 2 aliphatic heterocycles. The summed E-state index contributed by atoms with van der Waals surface area (Å²) in [5.41, 5.74) is -0.350. The Kier molecular flexibility index (Phi) is 4.78. The molecular weight excluding hydrogens is 332 g/mol. The molecule has 6 atom stereocenters. The summed E-state index contributed by atoms with van der Waals surface area (Å²) in [5.74, 6) is -0.989. The van der Waals surface area contributed by atoms with E-state index in [4.69, 9.17) is 9.47 Å². The minimum absolute atomic E-state index is 0.00873. The van der Waals surface area contributed by atoms with Crippen LogP contribution in [0, 0.1) is 46.8 Å². The molecule has 0 aromatic rings. The van der Waals surface area contributed by atoms with Gasteiger partial charge in [0.05, 0.1) is 17.8 Å². The number of allylic oxidation sites excluding steroid dienone is 1. The smallest absolute Gasteiger partial charge is 0.318 e. The van der Waals surface area contributed by atoms with E-state index in [1.165, 1.54) is 0 Å². The van der Waals surface area contributed by atoms with Crippen molar-refractivity contribution in [2.24, 2.45) is 46.8 Å². The maximum Gasteiger partial charge on any atom is 0.318 e. The third kappa shape index (κ3) is 3.21. The van der Waals surface area contributed by atoms with Crippen LogP contribution in [0.25, 0.3) is 0 Å². The second-order valence-corrected chi connectivity index (χ2v) is 9.75. The van der Waals surface area contributed by atoms with E-state index >= 15 is 0 Å². The Morgan fingerprint density at radius 2 is 1.62 bits per heavy atom. The van der Waals surface area contributed by atoms with E-state index in [9.17, 15) is 14.4 Å². The Morgan fingerprint density at radius 1 is 1.00 bits per heavy atom. The van der Waals surface area contributed by atoms with Crippen LogP contribution in [0.5, 0.6) is 0 Å². The van der Waals surface area contributed by atoms with Crippen molar-refractivity contribution in [3.63, 3.8) is 0 Å². The molecule has 6 unspecified atom stereocenters. The summed E-state index contributed by atoms with van der Waals surface area (Å²) in [4.78, 5) is 37.2. The van der Waals surface area contributed by atoms with Crippen molar-refractivity contribution in [3.05, 3.63) is 12.3 Å². The van der Waals surface area contributed by atoms with Crippen molar-refractivity contribution < 1.29 is 23.9 Å². The number of carbonyl (C=O) groups excluding carboxylic acids is 3. The van der Waals surface area contributed by atoms with Crippen LogP contribution in [0.4, 0.5) is 0 Å². The molecule has 2 heterocycles. The first-order valence-corrected chi connectivity index (χ1v) is 9.66. The molecule has 5 heteroatoms. The molecule has 0 radical (unpaired) electrons. The third-order valence-corrected chi connectivity index (χ3v) is 6.32. The van der Waals surface area contributed by atoms with E-state index in [1.54, 1.807) is 0 Å². The molecule has 2 saturated heterocycles. The van der Waals surface area contributed by atoms with E-state index in [0.29, 0.717) is 18.1 Å². The van der Waals surface area contributed by atoms with Crippen LogP contribution in [0.2, 0.25) is 0 Å². The Bertz CT molecular complexity index is 641. The number of hydrogen-bond donors (Lipinski definition) is 0. The van der Waals surface area contributed by atoms with Crippen LogP contribution in [0.15, 0.2) is 12.3 Å². The number of cyclic esters (lactones) is 3. The number of rotatable bonds is 3. The van der Waals surface area contributed by atoms with Gasteiger partial charge in [-0.25, -0.2) is 0 Å². The van der Waals surface area contributed by atoms with Crippen LogP contribution in [-0.4, -0.2) is 17.9 Å². The second kappa shape index (κ2) is 6.50. The van der Waals surface area contributed by atoms with Gasteiger partial charge in [0.15, 0.2) is 0 Å². The molecule has 1 saturated carbocycles. The maximum atomic E-state index is 12.5. The standard InChI is InChI=1S/C21H30O5/c1-10(2)7-12-8-13(9-14-11(3)25-18(22)15(12)14)16-17(21(4,5)6)20(24)26-19(16)23/h10,12-17H,3,7-9H2,1-2,4-6H3. The summed E-state index contributed by atoms with van der Waals surface area (Å²) < 4.78 is 10.4. The van der Waals surface area contributed by atoms with Gasteiger partial charge in [-0.3, -0.25) is 14.4 Å². The van der Waals surface area contributed by atoms with Crippen molar-refractivity contribution in [1.29, 1.82) is 0 Å². The largest absolute Gasteiger partial charge is 0.431 e. The molecule has 5 nitrogen and oxygen atoms in total. The quantitative estimate of drug-likeness (QED) is 0.565. The Hall–Kier alpha value is -1.65. The van der Waals surface area contributed by atoms with Gasteiger partial charge >= 0.3 is 17.9 Å². The first-order valence-electron chi connectivity index (χ1n) is 9.66. The van der Waals surface area contributed by atoms with E-state index in [2.05, 4.69) is 20.4 Å². The average molecular weight is 362 g/mol. The molecule has 0 bridgehead atoms. The predicted octanol–water partition coefficient (Wildman–Crippen LogP) is 3.72. The molecule has 0 amide bonds. The van der Waals surface area contributed by atoms with Crippen molar-refractivity contribution in [2.75, 3.05) is 0 Å². The van der Waals surface area contributed by atoms with Gasteiger partial charge in [-0.2, -0.15) is 0 Å². The van der Waals surface area contributed by atoms with E-state index in [1.807, 2.05) is 20.8 Å². The van der Waals surface area contributed by atoms with Crippen molar-refractivity contribution in [2.45, 2.75) is 53.9 Å². The van der Waals surface area contributed by atoms with Crippen LogP contribution in [0.3, 0.4) is 0 Å². The van der Waals surface area contributed by atoms with Gasteiger partial charge in [0.1, 0.15) is 5.76 Å². The second-order valence-electron chi connectivity index (χ2n) is 9.75. The summed E-state index contributed by atoms with van der Waals surface area (Å²) in [6.07, 6.45) is 2.31. The number of hydrogen-bond acceptors (Lipinski definition) is 5. The SMILES string of the molecule is C=C1OC(=O)C2C(CC(C)C)CC(C3C(=O)OC(=O)C3C(C)(C)C)CC12. The molecule has 144 valence electrons. The highest BCUT2D eigenvalue weighted by molar-refractivity contribution is 5.97. The summed E-state index contributed by atoms with van der Waals surface area (Å²) in [6.45, 7) is 14.1. The Labute approximate surface area is 155 Å². The maximum absolute atomic E-state index is 12.5. The van der Waals surface area contributed by atoms with Crippen LogP contribution in [-0.2, 0) is 23.9 Å². The van der Waals surface area contributed by atoms with Gasteiger partial charge in [-0.1, -0.05) is 41.2 Å². The normalized spacial score (nSPS) is 37.8. The Balaban J connectivity index is 1.92. The topological polar surface area (TPSA) is 69.7 Å². The molecule has 26 heavy (non-hydrogen) atoms. The van der Waals surface area contributed by atoms with Crippen LogP contribution in [0.1, 0.15) is 53.9 Å². The van der Waals surface area contributed by atoms with Gasteiger partial charge in [0, 0.05) is 5.92 Å². The fraction of sp³-hybridized carbons (Fsp3) is 0.762. The lowest BCUT2D eigenvalue weighted by Crippen LogP contribution is -2.42. The van der Waals surface area contributed by atoms with E-state index < -0.39 is 23.8 Å². The van der Waals surface area contributed by atoms with Crippen LogP contribution < -0.4 is 0 Å². The summed E-state index contributed by atoms with van der Waals surface area (Å²) in [7, 11) is 0. The molecular formula is C21H30O5. The number of carbonyl (C=O) groups is 3. The van der Waals surface area contributed by atoms with Gasteiger partial charge in [0.2, 0.25) is 0 Å². The minimum atomic E-state index is -0.443. The summed E-state index contributed by atoms with van der Waals surface area (Å²) in [5, 5.41) is 0.